The summed E-state index contributed by atoms with van der Waals surface area (Å²) < 4.78 is 55.7. The molecule has 4 heterocycles. The van der Waals surface area contributed by atoms with Crippen LogP contribution >= 0.6 is 22.7 Å². The topological polar surface area (TPSA) is 89.2 Å². The molecule has 0 amide bonds. The number of sulfone groups is 1. The summed E-state index contributed by atoms with van der Waals surface area (Å²) in [5.74, 6) is -2.55. The van der Waals surface area contributed by atoms with Gasteiger partial charge in [0.1, 0.15) is 5.82 Å². The smallest absolute Gasteiger partial charge is 0.270 e. The molecule has 0 saturated carbocycles. The van der Waals surface area contributed by atoms with Crippen molar-refractivity contribution in [2.75, 3.05) is 5.32 Å². The van der Waals surface area contributed by atoms with Crippen LogP contribution in [-0.2, 0) is 22.3 Å². The zero-order valence-electron chi connectivity index (χ0n) is 16.5. The Labute approximate surface area is 189 Å². The third-order valence-corrected chi connectivity index (χ3v) is 8.20. The van der Waals surface area contributed by atoms with Gasteiger partial charge in [0.25, 0.3) is 5.92 Å². The van der Waals surface area contributed by atoms with E-state index in [0.717, 1.165) is 41.5 Å². The first-order valence-corrected chi connectivity index (χ1v) is 12.7. The predicted molar refractivity (Wildman–Crippen MR) is 119 cm³/mol. The second-order valence-electron chi connectivity index (χ2n) is 7.13. The third-order valence-electron chi connectivity index (χ3n) is 4.89. The first-order chi connectivity index (χ1) is 15.2. The summed E-state index contributed by atoms with van der Waals surface area (Å²) in [7, 11) is -4.14. The Bertz CT molecular complexity index is 1520. The summed E-state index contributed by atoms with van der Waals surface area (Å²) in [4.78, 5) is 4.37. The monoisotopic (exact) mass is 491 g/mol. The van der Waals surface area contributed by atoms with E-state index >= 15 is 0 Å². The van der Waals surface area contributed by atoms with E-state index < -0.39 is 15.8 Å². The van der Waals surface area contributed by atoms with Gasteiger partial charge in [0.2, 0.25) is 14.9 Å². The first kappa shape index (κ1) is 20.9. The molecule has 0 aliphatic heterocycles. The van der Waals surface area contributed by atoms with Crippen LogP contribution in [0.3, 0.4) is 0 Å². The van der Waals surface area contributed by atoms with Crippen LogP contribution in [0.4, 0.5) is 14.6 Å². The number of anilines is 1. The van der Waals surface area contributed by atoms with E-state index in [9.17, 15) is 17.2 Å². The maximum atomic E-state index is 13.5. The zero-order chi connectivity index (χ0) is 22.5. The van der Waals surface area contributed by atoms with Crippen molar-refractivity contribution in [3.63, 3.8) is 0 Å². The Balaban J connectivity index is 1.60. The SMILES string of the molecule is CC(F)(F)c1ccc(S(=O)(=O)c2nnn3c2nc(NCc2ccsc2)c2sccc23)cc1. The van der Waals surface area contributed by atoms with E-state index in [1.807, 2.05) is 28.3 Å². The minimum atomic E-state index is -4.14. The number of nitrogens with zero attached hydrogens (tertiary/aromatic N) is 4. The largest absolute Gasteiger partial charge is 0.365 e. The van der Waals surface area contributed by atoms with E-state index in [1.165, 1.54) is 15.9 Å². The van der Waals surface area contributed by atoms with Crippen LogP contribution in [0.15, 0.2) is 62.5 Å². The molecule has 0 aliphatic carbocycles. The molecule has 32 heavy (non-hydrogen) atoms. The molecule has 7 nitrogen and oxygen atoms in total. The summed E-state index contributed by atoms with van der Waals surface area (Å²) in [5, 5.41) is 16.7. The fraction of sp³-hybridized carbons (Fsp3) is 0.150. The molecule has 4 aromatic heterocycles. The molecule has 0 atom stereocenters. The van der Waals surface area contributed by atoms with Gasteiger partial charge in [-0.05, 0) is 46.0 Å². The Kier molecular flexibility index (Phi) is 4.95. The lowest BCUT2D eigenvalue weighted by Gasteiger charge is -2.11. The van der Waals surface area contributed by atoms with Gasteiger partial charge >= 0.3 is 0 Å². The van der Waals surface area contributed by atoms with Crippen molar-refractivity contribution in [1.29, 1.82) is 0 Å². The number of thiophene rings is 2. The quantitative estimate of drug-likeness (QED) is 0.361. The van der Waals surface area contributed by atoms with Gasteiger partial charge in [-0.15, -0.1) is 16.4 Å². The van der Waals surface area contributed by atoms with Gasteiger partial charge in [0.15, 0.2) is 5.65 Å². The maximum Gasteiger partial charge on any atom is 0.270 e. The predicted octanol–water partition coefficient (Wildman–Crippen LogP) is 4.96. The molecule has 5 rings (SSSR count). The van der Waals surface area contributed by atoms with Crippen molar-refractivity contribution in [3.05, 3.63) is 63.7 Å². The number of rotatable bonds is 6. The number of nitrogens with one attached hydrogen (secondary N) is 1. The van der Waals surface area contributed by atoms with E-state index in [0.29, 0.717) is 17.9 Å². The molecule has 12 heteroatoms. The van der Waals surface area contributed by atoms with Gasteiger partial charge < -0.3 is 5.32 Å². The lowest BCUT2D eigenvalue weighted by molar-refractivity contribution is 0.0174. The summed E-state index contributed by atoms with van der Waals surface area (Å²) in [6.07, 6.45) is 0. The van der Waals surface area contributed by atoms with Gasteiger partial charge in [-0.25, -0.2) is 22.2 Å². The van der Waals surface area contributed by atoms with E-state index in [4.69, 9.17) is 0 Å². The number of alkyl halides is 2. The number of aromatic nitrogens is 4. The third kappa shape index (κ3) is 3.53. The highest BCUT2D eigenvalue weighted by molar-refractivity contribution is 7.91. The Morgan fingerprint density at radius 3 is 2.59 bits per heavy atom. The van der Waals surface area contributed by atoms with Gasteiger partial charge in [0.05, 0.1) is 15.1 Å². The number of hydrogen-bond donors (Lipinski definition) is 1. The number of hydrogen-bond acceptors (Lipinski definition) is 8. The molecule has 0 radical (unpaired) electrons. The molecule has 0 saturated heterocycles. The Hall–Kier alpha value is -2.96. The van der Waals surface area contributed by atoms with Gasteiger partial charge in [-0.2, -0.15) is 15.9 Å². The zero-order valence-corrected chi connectivity index (χ0v) is 18.9. The lowest BCUT2D eigenvalue weighted by Crippen LogP contribution is -2.09. The van der Waals surface area contributed by atoms with Crippen molar-refractivity contribution < 1.29 is 17.2 Å². The van der Waals surface area contributed by atoms with Gasteiger partial charge in [-0.3, -0.25) is 0 Å². The fourth-order valence-corrected chi connectivity index (χ4v) is 5.98. The van der Waals surface area contributed by atoms with Crippen molar-refractivity contribution in [1.82, 2.24) is 19.8 Å². The van der Waals surface area contributed by atoms with Crippen LogP contribution in [-0.4, -0.2) is 28.2 Å². The molecule has 1 N–H and O–H groups in total. The molecule has 0 bridgehead atoms. The van der Waals surface area contributed by atoms with Crippen molar-refractivity contribution in [3.8, 4) is 0 Å². The minimum Gasteiger partial charge on any atom is -0.365 e. The van der Waals surface area contributed by atoms with Crippen molar-refractivity contribution in [2.45, 2.75) is 29.3 Å². The van der Waals surface area contributed by atoms with Crippen LogP contribution < -0.4 is 5.32 Å². The van der Waals surface area contributed by atoms with Crippen molar-refractivity contribution in [2.24, 2.45) is 0 Å². The van der Waals surface area contributed by atoms with Crippen molar-refractivity contribution >= 4 is 54.2 Å². The molecular formula is C20H15F2N5O2S3. The van der Waals surface area contributed by atoms with Crippen LogP contribution in [0.5, 0.6) is 0 Å². The molecule has 0 fully saturated rings. The average Bonchev–Trinajstić information content (AvgIpc) is 3.51. The average molecular weight is 492 g/mol. The second kappa shape index (κ2) is 7.57. The maximum absolute atomic E-state index is 13.5. The Morgan fingerprint density at radius 1 is 1.12 bits per heavy atom. The lowest BCUT2D eigenvalue weighted by atomic mass is 10.1. The van der Waals surface area contributed by atoms with Crippen LogP contribution in [0.1, 0.15) is 18.1 Å². The first-order valence-electron chi connectivity index (χ1n) is 9.36. The minimum absolute atomic E-state index is 0.0635. The van der Waals surface area contributed by atoms with E-state index in [-0.39, 0.29) is 21.1 Å². The number of halogens is 2. The molecule has 0 unspecified atom stereocenters. The highest BCUT2D eigenvalue weighted by atomic mass is 32.2. The number of benzene rings is 1. The normalized spacial score (nSPS) is 12.6. The van der Waals surface area contributed by atoms with Gasteiger partial charge in [0, 0.05) is 19.0 Å². The summed E-state index contributed by atoms with van der Waals surface area (Å²) >= 11 is 3.03. The van der Waals surface area contributed by atoms with Gasteiger partial charge in [-0.1, -0.05) is 17.3 Å². The molecule has 1 aromatic carbocycles. The van der Waals surface area contributed by atoms with E-state index in [2.05, 4.69) is 20.6 Å². The fourth-order valence-electron chi connectivity index (χ4n) is 3.23. The van der Waals surface area contributed by atoms with Crippen LogP contribution in [0.25, 0.3) is 15.9 Å². The number of fused-ring (bicyclic) bond motifs is 3. The van der Waals surface area contributed by atoms with Crippen LogP contribution in [0, 0.1) is 0 Å². The summed E-state index contributed by atoms with van der Waals surface area (Å²) in [5.41, 5.74) is 1.53. The molecule has 0 spiro atoms. The molecule has 0 aliphatic rings. The molecule has 164 valence electrons. The summed E-state index contributed by atoms with van der Waals surface area (Å²) in [6, 6.07) is 8.28. The Morgan fingerprint density at radius 2 is 1.91 bits per heavy atom. The van der Waals surface area contributed by atoms with E-state index in [1.54, 1.807) is 11.3 Å². The highest BCUT2D eigenvalue weighted by Crippen LogP contribution is 2.32. The molecule has 5 aromatic rings. The summed E-state index contributed by atoms with van der Waals surface area (Å²) in [6.45, 7) is 1.28. The highest BCUT2D eigenvalue weighted by Gasteiger charge is 2.29. The van der Waals surface area contributed by atoms with Crippen LogP contribution in [0.2, 0.25) is 0 Å². The standard InChI is InChI=1S/C20H15F2N5O2S3/c1-20(21,22)13-2-4-14(5-3-13)32(28,29)19-18-24-17(23-10-12-6-8-30-11-12)16-15(7-9-31-16)27(18)26-25-19/h2-9,11H,10H2,1H3,(H,23,24). The molecular weight excluding hydrogens is 476 g/mol. The second-order valence-corrected chi connectivity index (χ2v) is 10.7.